The van der Waals surface area contributed by atoms with Crippen molar-refractivity contribution in [2.75, 3.05) is 31.1 Å². The van der Waals surface area contributed by atoms with Crippen molar-refractivity contribution >= 4 is 35.7 Å². The van der Waals surface area contributed by atoms with E-state index in [1.807, 2.05) is 11.8 Å². The van der Waals surface area contributed by atoms with E-state index in [4.69, 9.17) is 9.47 Å². The Morgan fingerprint density at radius 2 is 1.78 bits per heavy atom. The summed E-state index contributed by atoms with van der Waals surface area (Å²) in [6.07, 6.45) is 11.6. The second kappa shape index (κ2) is 15.0. The lowest BCUT2D eigenvalue weighted by Crippen LogP contribution is -2.40. The Balaban J connectivity index is 0.00000462. The number of esters is 1. The Bertz CT molecular complexity index is 1060. The summed E-state index contributed by atoms with van der Waals surface area (Å²) >= 11 is 1.96. The molecule has 0 bridgehead atoms. The molecule has 2 unspecified atom stereocenters. The van der Waals surface area contributed by atoms with Crippen LogP contribution in [-0.4, -0.2) is 47.6 Å². The molecule has 3 aliphatic rings. The zero-order valence-corrected chi connectivity index (χ0v) is 28.5. The summed E-state index contributed by atoms with van der Waals surface area (Å²) in [7, 11) is 0. The molecule has 1 aromatic rings. The molecule has 0 amide bonds. The number of unbranched alkanes of at least 4 members (excludes halogenated alkanes) is 2. The molecule has 0 spiro atoms. The summed E-state index contributed by atoms with van der Waals surface area (Å²) in [6, 6.07) is 4.46. The highest BCUT2D eigenvalue weighted by Gasteiger charge is 2.44. The number of nitrogens with zero attached hydrogens (tertiary/aromatic N) is 1. The molecule has 0 aliphatic carbocycles. The van der Waals surface area contributed by atoms with E-state index >= 15 is 0 Å². The number of benzene rings is 1. The predicted molar refractivity (Wildman–Crippen MR) is 178 cm³/mol. The van der Waals surface area contributed by atoms with E-state index in [-0.39, 0.29) is 24.0 Å². The van der Waals surface area contributed by atoms with Gasteiger partial charge >= 0.3 is 5.97 Å². The maximum absolute atomic E-state index is 13.8. The molecule has 1 aromatic carbocycles. The van der Waals surface area contributed by atoms with Gasteiger partial charge in [0.1, 0.15) is 17.1 Å². The van der Waals surface area contributed by atoms with E-state index < -0.39 is 5.41 Å². The molecule has 4 nitrogen and oxygen atoms in total. The topological polar surface area (TPSA) is 38.8 Å². The number of hydrogen-bond acceptors (Lipinski definition) is 5. The molecule has 1 fully saturated rings. The first kappa shape index (κ1) is 34.3. The number of piperidine rings is 1. The molecule has 1 saturated heterocycles. The molecular weight excluding hydrogens is 550 g/mol. The Labute approximate surface area is 261 Å². The molecule has 6 heteroatoms. The van der Waals surface area contributed by atoms with E-state index in [1.165, 1.54) is 61.7 Å². The molecule has 0 N–H and O–H groups in total. The molecule has 41 heavy (non-hydrogen) atoms. The normalized spacial score (nSPS) is 20.0. The van der Waals surface area contributed by atoms with Gasteiger partial charge in [-0.25, -0.2) is 0 Å². The van der Waals surface area contributed by atoms with E-state index in [1.54, 1.807) is 0 Å². The van der Waals surface area contributed by atoms with Gasteiger partial charge in [0.05, 0.1) is 11.0 Å². The fourth-order valence-electron chi connectivity index (χ4n) is 6.74. The third-order valence-electron chi connectivity index (χ3n) is 10.1. The fourth-order valence-corrected chi connectivity index (χ4v) is 8.01. The lowest BCUT2D eigenvalue weighted by molar-refractivity contribution is -0.144. The van der Waals surface area contributed by atoms with Gasteiger partial charge in [0.25, 0.3) is 0 Å². The average Bonchev–Trinajstić information content (AvgIpc) is 3.46. The monoisotopic (exact) mass is 605 g/mol. The van der Waals surface area contributed by atoms with Gasteiger partial charge in [0.15, 0.2) is 0 Å². The van der Waals surface area contributed by atoms with Crippen molar-refractivity contribution in [2.24, 2.45) is 11.3 Å². The van der Waals surface area contributed by atoms with Crippen molar-refractivity contribution < 1.29 is 14.3 Å². The SMILES string of the molecule is CCCCCC(C)C(C)c1cc(OC(=O)C(C)(C)CCN2CCCCC2)c2c(c1)OC(CC)(CC)C1=C2CSC1.Cl. The van der Waals surface area contributed by atoms with Crippen molar-refractivity contribution in [3.05, 3.63) is 28.8 Å². The predicted octanol–water partition coefficient (Wildman–Crippen LogP) is 9.69. The molecule has 4 rings (SSSR count). The number of carbonyl (C=O) groups excluding carboxylic acids is 1. The van der Waals surface area contributed by atoms with Crippen molar-refractivity contribution in [2.45, 2.75) is 124 Å². The van der Waals surface area contributed by atoms with Gasteiger partial charge in [-0.1, -0.05) is 66.7 Å². The number of thioether (sulfide) groups is 1. The van der Waals surface area contributed by atoms with Crippen LogP contribution in [0.1, 0.15) is 130 Å². The lowest BCUT2D eigenvalue weighted by atomic mass is 9.79. The molecule has 0 aromatic heterocycles. The number of fused-ring (bicyclic) bond motifs is 2. The van der Waals surface area contributed by atoms with Crippen LogP contribution in [0.4, 0.5) is 0 Å². The van der Waals surface area contributed by atoms with E-state index in [2.05, 4.69) is 65.5 Å². The smallest absolute Gasteiger partial charge is 0.316 e. The zero-order valence-electron chi connectivity index (χ0n) is 26.9. The van der Waals surface area contributed by atoms with Crippen LogP contribution in [0.3, 0.4) is 0 Å². The third kappa shape index (κ3) is 7.68. The number of halogens is 1. The van der Waals surface area contributed by atoms with E-state index in [9.17, 15) is 4.79 Å². The Hall–Kier alpha value is -1.17. The maximum Gasteiger partial charge on any atom is 0.316 e. The molecule has 0 radical (unpaired) electrons. The molecule has 2 atom stereocenters. The first-order valence-corrected chi connectivity index (χ1v) is 17.4. The van der Waals surface area contributed by atoms with Crippen molar-refractivity contribution in [3.8, 4) is 11.5 Å². The van der Waals surface area contributed by atoms with Gasteiger partial charge in [0, 0.05) is 11.5 Å². The van der Waals surface area contributed by atoms with Crippen molar-refractivity contribution in [1.82, 2.24) is 4.90 Å². The summed E-state index contributed by atoms with van der Waals surface area (Å²) in [5, 5.41) is 0. The minimum absolute atomic E-state index is 0. The van der Waals surface area contributed by atoms with Gasteiger partial charge in [-0.05, 0) is 106 Å². The van der Waals surface area contributed by atoms with Crippen LogP contribution in [0.15, 0.2) is 17.7 Å². The van der Waals surface area contributed by atoms with Crippen LogP contribution in [0.25, 0.3) is 5.57 Å². The highest BCUT2D eigenvalue weighted by Crippen LogP contribution is 2.53. The molecule has 232 valence electrons. The van der Waals surface area contributed by atoms with E-state index in [0.717, 1.165) is 61.7 Å². The zero-order chi connectivity index (χ0) is 28.9. The van der Waals surface area contributed by atoms with Crippen LogP contribution in [-0.2, 0) is 4.79 Å². The van der Waals surface area contributed by atoms with Crippen molar-refractivity contribution in [3.63, 3.8) is 0 Å². The number of rotatable bonds is 13. The lowest BCUT2D eigenvalue weighted by Gasteiger charge is -2.40. The Morgan fingerprint density at radius 3 is 2.44 bits per heavy atom. The van der Waals surface area contributed by atoms with Crippen LogP contribution >= 0.6 is 24.2 Å². The number of hydrogen-bond donors (Lipinski definition) is 0. The highest BCUT2D eigenvalue weighted by atomic mass is 35.5. The summed E-state index contributed by atoms with van der Waals surface area (Å²) in [4.78, 5) is 16.3. The quantitative estimate of drug-likeness (QED) is 0.127. The highest BCUT2D eigenvalue weighted by molar-refractivity contribution is 8.00. The minimum atomic E-state index is -0.548. The molecule has 3 aliphatic heterocycles. The second-order valence-electron chi connectivity index (χ2n) is 13.3. The fraction of sp³-hybridized carbons (Fsp3) is 0.743. The van der Waals surface area contributed by atoms with Gasteiger partial charge in [-0.15, -0.1) is 12.4 Å². The first-order chi connectivity index (χ1) is 19.2. The molecule has 3 heterocycles. The standard InChI is InChI=1S/C35H55NO3S.ClH/c1-8-11-13-16-25(4)26(5)27-21-30(38-33(37)34(6,7)17-20-36-18-14-12-15-19-36)32-28-23-40-24-29(28)35(9-2,10-3)39-31(32)22-27;/h21-22,25-26H,8-20,23-24H2,1-7H3;1H. The summed E-state index contributed by atoms with van der Waals surface area (Å²) < 4.78 is 13.4. The second-order valence-corrected chi connectivity index (χ2v) is 14.3. The van der Waals surface area contributed by atoms with Gasteiger partial charge < -0.3 is 14.4 Å². The third-order valence-corrected chi connectivity index (χ3v) is 11.1. The number of carbonyl (C=O) groups is 1. The number of likely N-dealkylation sites (tertiary alicyclic amines) is 1. The van der Waals surface area contributed by atoms with Gasteiger partial charge in [-0.3, -0.25) is 4.79 Å². The number of ether oxygens (including phenoxy) is 2. The molecular formula is C35H56ClNO3S. The van der Waals surface area contributed by atoms with Crippen LogP contribution in [0.2, 0.25) is 0 Å². The van der Waals surface area contributed by atoms with Gasteiger partial charge in [-0.2, -0.15) is 11.8 Å². The van der Waals surface area contributed by atoms with Crippen LogP contribution in [0, 0.1) is 11.3 Å². The average molecular weight is 606 g/mol. The van der Waals surface area contributed by atoms with Crippen LogP contribution < -0.4 is 9.47 Å². The van der Waals surface area contributed by atoms with Crippen molar-refractivity contribution in [1.29, 1.82) is 0 Å². The van der Waals surface area contributed by atoms with E-state index in [0.29, 0.717) is 17.6 Å². The van der Waals surface area contributed by atoms with Gasteiger partial charge in [0.2, 0.25) is 0 Å². The largest absolute Gasteiger partial charge is 0.482 e. The summed E-state index contributed by atoms with van der Waals surface area (Å²) in [5.41, 5.74) is 4.21. The summed E-state index contributed by atoms with van der Waals surface area (Å²) in [6.45, 7) is 18.8. The van der Waals surface area contributed by atoms with Crippen LogP contribution in [0.5, 0.6) is 11.5 Å². The first-order valence-electron chi connectivity index (χ1n) is 16.3. The Morgan fingerprint density at radius 1 is 1.07 bits per heavy atom. The maximum atomic E-state index is 13.8. The molecule has 0 saturated carbocycles. The summed E-state index contributed by atoms with van der Waals surface area (Å²) in [5.74, 6) is 4.38. The minimum Gasteiger partial charge on any atom is -0.482 e. The Kier molecular flexibility index (Phi) is 12.6.